The molecule has 1 aliphatic heterocycles. The van der Waals surface area contributed by atoms with Crippen LogP contribution in [0.5, 0.6) is 5.75 Å². The van der Waals surface area contributed by atoms with Crippen LogP contribution in [0.15, 0.2) is 54.7 Å². The second kappa shape index (κ2) is 7.35. The van der Waals surface area contributed by atoms with Gasteiger partial charge in [0.05, 0.1) is 26.5 Å². The van der Waals surface area contributed by atoms with E-state index in [0.717, 1.165) is 34.3 Å². The number of aromatic nitrogens is 3. The van der Waals surface area contributed by atoms with Crippen molar-refractivity contribution in [2.45, 2.75) is 12.8 Å². The quantitative estimate of drug-likeness (QED) is 0.687. The zero-order valence-corrected chi connectivity index (χ0v) is 15.1. The number of nitrogens with zero attached hydrogens (tertiary/aromatic N) is 4. The summed E-state index contributed by atoms with van der Waals surface area (Å²) in [5.41, 5.74) is 2.81. The van der Waals surface area contributed by atoms with Crippen molar-refractivity contribution in [1.82, 2.24) is 15.0 Å². The Balaban J connectivity index is 1.55. The van der Waals surface area contributed by atoms with Gasteiger partial charge in [0.1, 0.15) is 11.4 Å². The lowest BCUT2D eigenvalue weighted by Crippen LogP contribution is -2.23. The first-order valence-electron chi connectivity index (χ1n) is 8.40. The van der Waals surface area contributed by atoms with Gasteiger partial charge in [-0.25, -0.2) is 4.68 Å². The van der Waals surface area contributed by atoms with Crippen molar-refractivity contribution in [3.05, 3.63) is 71.0 Å². The molecule has 1 fully saturated rings. The average Bonchev–Trinajstić information content (AvgIpc) is 3.33. The summed E-state index contributed by atoms with van der Waals surface area (Å²) in [4.78, 5) is 2.16. The van der Waals surface area contributed by atoms with E-state index in [1.165, 1.54) is 0 Å². The molecule has 134 valence electrons. The predicted octanol–water partition coefficient (Wildman–Crippen LogP) is 3.52. The monoisotopic (exact) mass is 370 g/mol. The van der Waals surface area contributed by atoms with Gasteiger partial charge in [-0.15, -0.1) is 5.10 Å². The molecule has 1 aliphatic rings. The number of hydrogen-bond acceptors (Lipinski definition) is 5. The summed E-state index contributed by atoms with van der Waals surface area (Å²) in [6.45, 7) is 1.99. The molecule has 0 radical (unpaired) electrons. The Morgan fingerprint density at radius 1 is 1.23 bits per heavy atom. The third-order valence-electron chi connectivity index (χ3n) is 4.38. The number of benzene rings is 2. The van der Waals surface area contributed by atoms with Crippen LogP contribution in [0.25, 0.3) is 0 Å². The molecule has 1 unspecified atom stereocenters. The summed E-state index contributed by atoms with van der Waals surface area (Å²) in [5, 5.41) is 9.27. The van der Waals surface area contributed by atoms with Gasteiger partial charge < -0.3 is 14.4 Å². The second-order valence-electron chi connectivity index (χ2n) is 6.05. The Kier molecular flexibility index (Phi) is 4.77. The van der Waals surface area contributed by atoms with Crippen molar-refractivity contribution in [3.63, 3.8) is 0 Å². The van der Waals surface area contributed by atoms with Gasteiger partial charge in [0.15, 0.2) is 6.23 Å². The lowest BCUT2D eigenvalue weighted by atomic mass is 10.2. The highest BCUT2D eigenvalue weighted by Crippen LogP contribution is 2.32. The molecule has 0 aliphatic carbocycles. The zero-order valence-electron chi connectivity index (χ0n) is 14.4. The summed E-state index contributed by atoms with van der Waals surface area (Å²) in [5.74, 6) is 0.815. The molecule has 0 bridgehead atoms. The maximum atomic E-state index is 6.23. The van der Waals surface area contributed by atoms with Gasteiger partial charge in [-0.1, -0.05) is 41.1 Å². The number of methoxy groups -OCH3 is 1. The lowest BCUT2D eigenvalue weighted by Gasteiger charge is -2.23. The van der Waals surface area contributed by atoms with Crippen molar-refractivity contribution in [1.29, 1.82) is 0 Å². The molecule has 0 spiro atoms. The molecule has 0 saturated carbocycles. The number of hydrogen-bond donors (Lipinski definition) is 0. The van der Waals surface area contributed by atoms with E-state index in [2.05, 4.69) is 15.2 Å². The normalized spacial score (nSPS) is 16.8. The van der Waals surface area contributed by atoms with Gasteiger partial charge >= 0.3 is 0 Å². The second-order valence-corrected chi connectivity index (χ2v) is 6.46. The van der Waals surface area contributed by atoms with E-state index in [1.807, 2.05) is 54.7 Å². The van der Waals surface area contributed by atoms with Crippen LogP contribution in [0.2, 0.25) is 5.02 Å². The smallest absolute Gasteiger partial charge is 0.177 e. The molecule has 0 amide bonds. The maximum Gasteiger partial charge on any atom is 0.177 e. The Morgan fingerprint density at radius 2 is 2.12 bits per heavy atom. The summed E-state index contributed by atoms with van der Waals surface area (Å²) in [7, 11) is 1.66. The highest BCUT2D eigenvalue weighted by Gasteiger charge is 2.30. The molecule has 3 aromatic rings. The third kappa shape index (κ3) is 3.38. The van der Waals surface area contributed by atoms with E-state index < -0.39 is 0 Å². The van der Waals surface area contributed by atoms with Crippen LogP contribution in [0, 0.1) is 0 Å². The lowest BCUT2D eigenvalue weighted by molar-refractivity contribution is 0.110. The highest BCUT2D eigenvalue weighted by atomic mass is 35.5. The summed E-state index contributed by atoms with van der Waals surface area (Å²) < 4.78 is 13.0. The van der Waals surface area contributed by atoms with Gasteiger partial charge in [-0.05, 0) is 23.8 Å². The highest BCUT2D eigenvalue weighted by molar-refractivity contribution is 6.31. The van der Waals surface area contributed by atoms with Crippen LogP contribution in [-0.4, -0.2) is 35.3 Å². The molecule has 2 aromatic carbocycles. The van der Waals surface area contributed by atoms with E-state index in [1.54, 1.807) is 11.8 Å². The third-order valence-corrected chi connectivity index (χ3v) is 4.74. The Bertz CT molecular complexity index is 899. The van der Waals surface area contributed by atoms with Gasteiger partial charge in [0.2, 0.25) is 0 Å². The van der Waals surface area contributed by atoms with Gasteiger partial charge in [0.25, 0.3) is 0 Å². The summed E-state index contributed by atoms with van der Waals surface area (Å²) >= 11 is 6.23. The molecular weight excluding hydrogens is 352 g/mol. The number of ether oxygens (including phenoxy) is 2. The Hall–Kier alpha value is -2.57. The SMILES string of the molecule is COc1cccc(N2CCOC2c2cn(Cc3ccccc3Cl)nn2)c1. The van der Waals surface area contributed by atoms with Crippen LogP contribution in [0.4, 0.5) is 5.69 Å². The molecule has 2 heterocycles. The van der Waals surface area contributed by atoms with Crippen molar-refractivity contribution < 1.29 is 9.47 Å². The van der Waals surface area contributed by atoms with Gasteiger partial charge in [0, 0.05) is 23.3 Å². The molecule has 1 atom stereocenters. The van der Waals surface area contributed by atoms with Crippen molar-refractivity contribution in [2.24, 2.45) is 0 Å². The van der Waals surface area contributed by atoms with E-state index in [4.69, 9.17) is 21.1 Å². The van der Waals surface area contributed by atoms with Crippen LogP contribution >= 0.6 is 11.6 Å². The summed E-state index contributed by atoms with van der Waals surface area (Å²) in [6, 6.07) is 15.7. The van der Waals surface area contributed by atoms with Crippen LogP contribution < -0.4 is 9.64 Å². The molecule has 1 saturated heterocycles. The Labute approximate surface area is 156 Å². The minimum absolute atomic E-state index is 0.262. The summed E-state index contributed by atoms with van der Waals surface area (Å²) in [6.07, 6.45) is 1.65. The largest absolute Gasteiger partial charge is 0.497 e. The number of rotatable bonds is 5. The minimum atomic E-state index is -0.262. The van der Waals surface area contributed by atoms with Crippen LogP contribution in [0.1, 0.15) is 17.5 Å². The molecule has 1 aromatic heterocycles. The first kappa shape index (κ1) is 16.9. The molecule has 6 nitrogen and oxygen atoms in total. The number of halogens is 1. The fourth-order valence-electron chi connectivity index (χ4n) is 3.07. The minimum Gasteiger partial charge on any atom is -0.497 e. The van der Waals surface area contributed by atoms with E-state index in [-0.39, 0.29) is 6.23 Å². The fraction of sp³-hybridized carbons (Fsp3) is 0.263. The first-order valence-corrected chi connectivity index (χ1v) is 8.78. The standard InChI is InChI=1S/C19H19ClN4O2/c1-25-16-7-4-6-15(11-16)24-9-10-26-19(24)18-13-23(22-21-18)12-14-5-2-3-8-17(14)20/h2-8,11,13,19H,9-10,12H2,1H3. The van der Waals surface area contributed by atoms with Crippen molar-refractivity contribution in [2.75, 3.05) is 25.2 Å². The first-order chi connectivity index (χ1) is 12.7. The van der Waals surface area contributed by atoms with Gasteiger partial charge in [-0.2, -0.15) is 0 Å². The fourth-order valence-corrected chi connectivity index (χ4v) is 3.27. The maximum absolute atomic E-state index is 6.23. The van der Waals surface area contributed by atoms with Crippen molar-refractivity contribution in [3.8, 4) is 5.75 Å². The Morgan fingerprint density at radius 3 is 2.96 bits per heavy atom. The average molecular weight is 371 g/mol. The van der Waals surface area contributed by atoms with Gasteiger partial charge in [-0.3, -0.25) is 0 Å². The van der Waals surface area contributed by atoms with Crippen molar-refractivity contribution >= 4 is 17.3 Å². The number of anilines is 1. The topological polar surface area (TPSA) is 52.4 Å². The van der Waals surface area contributed by atoms with E-state index >= 15 is 0 Å². The molecule has 26 heavy (non-hydrogen) atoms. The molecule has 0 N–H and O–H groups in total. The van der Waals surface area contributed by atoms with E-state index in [9.17, 15) is 0 Å². The van der Waals surface area contributed by atoms with Crippen LogP contribution in [-0.2, 0) is 11.3 Å². The molecular formula is C19H19ClN4O2. The van der Waals surface area contributed by atoms with Crippen LogP contribution in [0.3, 0.4) is 0 Å². The molecule has 7 heteroatoms. The van der Waals surface area contributed by atoms with E-state index in [0.29, 0.717) is 13.2 Å². The molecule has 4 rings (SSSR count). The predicted molar refractivity (Wildman–Crippen MR) is 99.6 cm³/mol. The zero-order chi connectivity index (χ0) is 17.9.